The van der Waals surface area contributed by atoms with Gasteiger partial charge in [0, 0.05) is 5.54 Å². The van der Waals surface area contributed by atoms with Crippen LogP contribution in [0.1, 0.15) is 39.0 Å². The van der Waals surface area contributed by atoms with Crippen molar-refractivity contribution in [1.29, 1.82) is 0 Å². The molecule has 1 atom stereocenters. The molecule has 2 rings (SSSR count). The van der Waals surface area contributed by atoms with Crippen molar-refractivity contribution in [2.75, 3.05) is 6.54 Å². The van der Waals surface area contributed by atoms with Gasteiger partial charge in [0.25, 0.3) is 0 Å². The summed E-state index contributed by atoms with van der Waals surface area (Å²) in [5.74, 6) is 1.01. The fourth-order valence-electron chi connectivity index (χ4n) is 1.84. The second-order valence-electron chi connectivity index (χ2n) is 4.60. The van der Waals surface area contributed by atoms with Crippen molar-refractivity contribution in [1.82, 2.24) is 5.32 Å². The molecule has 0 aromatic heterocycles. The molecule has 1 nitrogen and oxygen atoms in total. The number of nitrogens with one attached hydrogen (secondary N) is 1. The first-order valence-corrected chi connectivity index (χ1v) is 5.19. The minimum atomic E-state index is 0.414. The van der Waals surface area contributed by atoms with Crippen molar-refractivity contribution < 1.29 is 0 Å². The average Bonchev–Trinajstić information content (AvgIpc) is 2.85. The van der Waals surface area contributed by atoms with E-state index in [-0.39, 0.29) is 0 Å². The molecule has 2 aliphatic carbocycles. The summed E-state index contributed by atoms with van der Waals surface area (Å²) >= 11 is 0. The van der Waals surface area contributed by atoms with Gasteiger partial charge in [0.05, 0.1) is 0 Å². The smallest absolute Gasteiger partial charge is 0.0190 e. The highest BCUT2D eigenvalue weighted by atomic mass is 15.0. The van der Waals surface area contributed by atoms with Crippen molar-refractivity contribution in [3.8, 4) is 0 Å². The van der Waals surface area contributed by atoms with Crippen LogP contribution in [0.2, 0.25) is 0 Å². The van der Waals surface area contributed by atoms with Crippen molar-refractivity contribution >= 4 is 0 Å². The van der Waals surface area contributed by atoms with E-state index in [1.54, 1.807) is 0 Å². The topological polar surface area (TPSA) is 12.0 Å². The van der Waals surface area contributed by atoms with Crippen molar-refractivity contribution in [2.45, 2.75) is 44.6 Å². The molecule has 1 saturated carbocycles. The molecular weight excluding hydrogens is 146 g/mol. The fraction of sp³-hybridized carbons (Fsp3) is 0.818. The molecule has 1 heteroatoms. The molecule has 0 amide bonds. The highest BCUT2D eigenvalue weighted by Crippen LogP contribution is 2.30. The molecule has 68 valence electrons. The van der Waals surface area contributed by atoms with Gasteiger partial charge in [-0.05, 0) is 51.5 Å². The summed E-state index contributed by atoms with van der Waals surface area (Å²) in [4.78, 5) is 0. The van der Waals surface area contributed by atoms with Crippen LogP contribution in [-0.4, -0.2) is 12.1 Å². The summed E-state index contributed by atoms with van der Waals surface area (Å²) < 4.78 is 0. The lowest BCUT2D eigenvalue weighted by atomic mass is 9.87. The first-order chi connectivity index (χ1) is 5.79. The molecule has 1 N–H and O–H groups in total. The van der Waals surface area contributed by atoms with Gasteiger partial charge in [0.1, 0.15) is 0 Å². The van der Waals surface area contributed by atoms with Crippen LogP contribution in [0, 0.1) is 5.92 Å². The van der Waals surface area contributed by atoms with Gasteiger partial charge in [0.2, 0.25) is 0 Å². The molecule has 0 radical (unpaired) electrons. The SMILES string of the molecule is CC1(NCC2CC2)CC=CCC1. The van der Waals surface area contributed by atoms with Gasteiger partial charge < -0.3 is 5.32 Å². The van der Waals surface area contributed by atoms with Gasteiger partial charge in [-0.25, -0.2) is 0 Å². The molecule has 0 spiro atoms. The van der Waals surface area contributed by atoms with Gasteiger partial charge in [-0.3, -0.25) is 0 Å². The van der Waals surface area contributed by atoms with Crippen molar-refractivity contribution in [3.63, 3.8) is 0 Å². The molecule has 0 aromatic carbocycles. The van der Waals surface area contributed by atoms with Gasteiger partial charge >= 0.3 is 0 Å². The molecule has 0 aromatic rings. The zero-order chi connectivity index (χ0) is 8.44. The van der Waals surface area contributed by atoms with E-state index in [2.05, 4.69) is 24.4 Å². The van der Waals surface area contributed by atoms with E-state index in [1.165, 1.54) is 38.6 Å². The van der Waals surface area contributed by atoms with Crippen LogP contribution in [0.4, 0.5) is 0 Å². The third-order valence-electron chi connectivity index (χ3n) is 3.11. The molecule has 0 saturated heterocycles. The Balaban J connectivity index is 1.78. The minimum absolute atomic E-state index is 0.414. The van der Waals surface area contributed by atoms with Crippen LogP contribution >= 0.6 is 0 Å². The highest BCUT2D eigenvalue weighted by Gasteiger charge is 2.27. The summed E-state index contributed by atoms with van der Waals surface area (Å²) in [6, 6.07) is 0. The maximum Gasteiger partial charge on any atom is 0.0190 e. The lowest BCUT2D eigenvalue weighted by molar-refractivity contribution is 0.321. The van der Waals surface area contributed by atoms with E-state index in [1.807, 2.05) is 0 Å². The molecule has 0 aliphatic heterocycles. The molecule has 1 fully saturated rings. The zero-order valence-electron chi connectivity index (χ0n) is 7.97. The van der Waals surface area contributed by atoms with Crippen LogP contribution in [0.15, 0.2) is 12.2 Å². The molecule has 2 aliphatic rings. The van der Waals surface area contributed by atoms with Gasteiger partial charge in [-0.2, -0.15) is 0 Å². The van der Waals surface area contributed by atoms with Gasteiger partial charge in [0.15, 0.2) is 0 Å². The Bertz CT molecular complexity index is 181. The maximum atomic E-state index is 3.71. The van der Waals surface area contributed by atoms with Gasteiger partial charge in [-0.1, -0.05) is 12.2 Å². The summed E-state index contributed by atoms with van der Waals surface area (Å²) in [7, 11) is 0. The first kappa shape index (κ1) is 8.31. The Morgan fingerprint density at radius 2 is 2.25 bits per heavy atom. The van der Waals surface area contributed by atoms with E-state index in [4.69, 9.17) is 0 Å². The molecular formula is C11H19N. The second-order valence-corrected chi connectivity index (χ2v) is 4.60. The van der Waals surface area contributed by atoms with Gasteiger partial charge in [-0.15, -0.1) is 0 Å². The normalized spacial score (nSPS) is 35.4. The number of hydrogen-bond acceptors (Lipinski definition) is 1. The zero-order valence-corrected chi connectivity index (χ0v) is 7.97. The molecule has 1 unspecified atom stereocenters. The Hall–Kier alpha value is -0.300. The third kappa shape index (κ3) is 2.10. The Labute approximate surface area is 75.2 Å². The Kier molecular flexibility index (Phi) is 2.22. The standard InChI is InChI=1S/C11H19N/c1-11(7-3-2-4-8-11)12-9-10-5-6-10/h2-3,10,12H,4-9H2,1H3. The van der Waals surface area contributed by atoms with Crippen molar-refractivity contribution in [2.24, 2.45) is 5.92 Å². The predicted molar refractivity (Wildman–Crippen MR) is 52.1 cm³/mol. The predicted octanol–water partition coefficient (Wildman–Crippen LogP) is 2.48. The molecule has 12 heavy (non-hydrogen) atoms. The third-order valence-corrected chi connectivity index (χ3v) is 3.11. The van der Waals surface area contributed by atoms with E-state index >= 15 is 0 Å². The van der Waals surface area contributed by atoms with Crippen LogP contribution < -0.4 is 5.32 Å². The highest BCUT2D eigenvalue weighted by molar-refractivity contribution is 5.01. The Morgan fingerprint density at radius 3 is 2.83 bits per heavy atom. The van der Waals surface area contributed by atoms with Crippen LogP contribution in [0.3, 0.4) is 0 Å². The monoisotopic (exact) mass is 165 g/mol. The van der Waals surface area contributed by atoms with Crippen LogP contribution in [0.25, 0.3) is 0 Å². The first-order valence-electron chi connectivity index (χ1n) is 5.19. The van der Waals surface area contributed by atoms with E-state index in [0.29, 0.717) is 5.54 Å². The quantitative estimate of drug-likeness (QED) is 0.633. The molecule has 0 bridgehead atoms. The van der Waals surface area contributed by atoms with E-state index in [0.717, 1.165) is 5.92 Å². The summed E-state index contributed by atoms with van der Waals surface area (Å²) in [6.45, 7) is 3.61. The van der Waals surface area contributed by atoms with E-state index in [9.17, 15) is 0 Å². The van der Waals surface area contributed by atoms with Crippen LogP contribution in [-0.2, 0) is 0 Å². The number of hydrogen-bond donors (Lipinski definition) is 1. The minimum Gasteiger partial charge on any atom is -0.311 e. The lowest BCUT2D eigenvalue weighted by Crippen LogP contribution is -2.43. The summed E-state index contributed by atoms with van der Waals surface area (Å²) in [6.07, 6.45) is 11.3. The lowest BCUT2D eigenvalue weighted by Gasteiger charge is -2.32. The Morgan fingerprint density at radius 1 is 1.42 bits per heavy atom. The van der Waals surface area contributed by atoms with Crippen molar-refractivity contribution in [3.05, 3.63) is 12.2 Å². The number of allylic oxidation sites excluding steroid dienone is 1. The van der Waals surface area contributed by atoms with E-state index < -0.39 is 0 Å². The average molecular weight is 165 g/mol. The molecule has 0 heterocycles. The fourth-order valence-corrected chi connectivity index (χ4v) is 1.84. The second kappa shape index (κ2) is 3.21. The summed E-state index contributed by atoms with van der Waals surface area (Å²) in [5, 5.41) is 3.71. The van der Waals surface area contributed by atoms with Crippen LogP contribution in [0.5, 0.6) is 0 Å². The maximum absolute atomic E-state index is 3.71. The largest absolute Gasteiger partial charge is 0.311 e. The summed E-state index contributed by atoms with van der Waals surface area (Å²) in [5.41, 5.74) is 0.414. The number of rotatable bonds is 3.